The van der Waals surface area contributed by atoms with Crippen molar-refractivity contribution in [3.8, 4) is 6.07 Å². The minimum absolute atomic E-state index is 0.00831. The Bertz CT molecular complexity index is 624. The van der Waals surface area contributed by atoms with Crippen molar-refractivity contribution in [2.45, 2.75) is 13.1 Å². The second kappa shape index (κ2) is 3.74. The maximum Gasteiger partial charge on any atom is 0.433 e. The second-order valence-electron chi connectivity index (χ2n) is 3.64. The van der Waals surface area contributed by atoms with Gasteiger partial charge in [0.1, 0.15) is 5.69 Å². The van der Waals surface area contributed by atoms with Gasteiger partial charge in [0.2, 0.25) is 0 Å². The molecule has 0 N–H and O–H groups in total. The molecule has 0 atom stereocenters. The molecule has 1 aromatic carbocycles. The highest BCUT2D eigenvalue weighted by Crippen LogP contribution is 2.31. The van der Waals surface area contributed by atoms with E-state index in [9.17, 15) is 13.2 Å². The summed E-state index contributed by atoms with van der Waals surface area (Å²) in [6.07, 6.45) is -4.54. The standard InChI is InChI=1S/C12H7F3N2/c1-7-3-2-4-9-8(6-16)5-10(12(13,14)15)17-11(7)9/h2-5H,1H3. The quantitative estimate of drug-likeness (QED) is 0.702. The molecule has 5 heteroatoms. The summed E-state index contributed by atoms with van der Waals surface area (Å²) in [7, 11) is 0. The van der Waals surface area contributed by atoms with Gasteiger partial charge < -0.3 is 0 Å². The molecule has 0 radical (unpaired) electrons. The molecule has 0 saturated heterocycles. The highest BCUT2D eigenvalue weighted by Gasteiger charge is 2.33. The maximum absolute atomic E-state index is 12.6. The fraction of sp³-hybridized carbons (Fsp3) is 0.167. The van der Waals surface area contributed by atoms with E-state index in [0.29, 0.717) is 10.9 Å². The molecule has 2 nitrogen and oxygen atoms in total. The van der Waals surface area contributed by atoms with Gasteiger partial charge in [0.15, 0.2) is 0 Å². The second-order valence-corrected chi connectivity index (χ2v) is 3.64. The fourth-order valence-electron chi connectivity index (χ4n) is 1.63. The van der Waals surface area contributed by atoms with Crippen molar-refractivity contribution in [2.24, 2.45) is 0 Å². The SMILES string of the molecule is Cc1cccc2c(C#N)cc(C(F)(F)F)nc12. The van der Waals surface area contributed by atoms with Crippen LogP contribution in [0.25, 0.3) is 10.9 Å². The van der Waals surface area contributed by atoms with Gasteiger partial charge >= 0.3 is 6.18 Å². The van der Waals surface area contributed by atoms with Gasteiger partial charge in [-0.05, 0) is 18.6 Å². The molecule has 17 heavy (non-hydrogen) atoms. The third kappa shape index (κ3) is 1.94. The third-order valence-electron chi connectivity index (χ3n) is 2.45. The average Bonchev–Trinajstić information content (AvgIpc) is 2.27. The first kappa shape index (κ1) is 11.4. The molecule has 0 unspecified atom stereocenters. The topological polar surface area (TPSA) is 36.7 Å². The number of nitrogens with zero attached hydrogens (tertiary/aromatic N) is 2. The van der Waals surface area contributed by atoms with Gasteiger partial charge in [-0.1, -0.05) is 18.2 Å². The fourth-order valence-corrected chi connectivity index (χ4v) is 1.63. The molecule has 0 aliphatic heterocycles. The summed E-state index contributed by atoms with van der Waals surface area (Å²) in [5.74, 6) is 0. The van der Waals surface area contributed by atoms with E-state index in [4.69, 9.17) is 5.26 Å². The molecule has 86 valence electrons. The Morgan fingerprint density at radius 1 is 1.29 bits per heavy atom. The van der Waals surface area contributed by atoms with Crippen molar-refractivity contribution in [1.29, 1.82) is 5.26 Å². The maximum atomic E-state index is 12.6. The molecular weight excluding hydrogens is 229 g/mol. The van der Waals surface area contributed by atoms with Gasteiger partial charge in [-0.2, -0.15) is 18.4 Å². The number of aryl methyl sites for hydroxylation is 1. The van der Waals surface area contributed by atoms with Crippen LogP contribution in [0.5, 0.6) is 0 Å². The Hall–Kier alpha value is -2.09. The zero-order chi connectivity index (χ0) is 12.6. The lowest BCUT2D eigenvalue weighted by molar-refractivity contribution is -0.140. The molecule has 0 saturated carbocycles. The highest BCUT2D eigenvalue weighted by molar-refractivity contribution is 5.87. The van der Waals surface area contributed by atoms with Gasteiger partial charge in [0.25, 0.3) is 0 Å². The number of hydrogen-bond donors (Lipinski definition) is 0. The van der Waals surface area contributed by atoms with Crippen LogP contribution in [0.1, 0.15) is 16.8 Å². The summed E-state index contributed by atoms with van der Waals surface area (Å²) in [4.78, 5) is 3.58. The number of rotatable bonds is 0. The van der Waals surface area contributed by atoms with E-state index < -0.39 is 11.9 Å². The van der Waals surface area contributed by atoms with E-state index in [1.165, 1.54) is 0 Å². The lowest BCUT2D eigenvalue weighted by Gasteiger charge is -2.09. The van der Waals surface area contributed by atoms with Gasteiger partial charge in [-0.3, -0.25) is 0 Å². The van der Waals surface area contributed by atoms with Crippen LogP contribution in [0.4, 0.5) is 13.2 Å². The van der Waals surface area contributed by atoms with Gasteiger partial charge in [0.05, 0.1) is 17.1 Å². The molecule has 2 aromatic rings. The van der Waals surface area contributed by atoms with E-state index in [0.717, 1.165) is 6.07 Å². The molecule has 0 spiro atoms. The molecule has 1 heterocycles. The average molecular weight is 236 g/mol. The number of halogens is 3. The highest BCUT2D eigenvalue weighted by atomic mass is 19.4. The van der Waals surface area contributed by atoms with Crippen LogP contribution in [-0.2, 0) is 6.18 Å². The van der Waals surface area contributed by atoms with Gasteiger partial charge in [-0.15, -0.1) is 0 Å². The van der Waals surface area contributed by atoms with E-state index in [2.05, 4.69) is 4.98 Å². The van der Waals surface area contributed by atoms with Crippen molar-refractivity contribution >= 4 is 10.9 Å². The van der Waals surface area contributed by atoms with Crippen molar-refractivity contribution < 1.29 is 13.2 Å². The Labute approximate surface area is 95.3 Å². The van der Waals surface area contributed by atoms with Crippen molar-refractivity contribution in [2.75, 3.05) is 0 Å². The third-order valence-corrected chi connectivity index (χ3v) is 2.45. The number of hydrogen-bond acceptors (Lipinski definition) is 2. The van der Waals surface area contributed by atoms with Crippen LogP contribution in [0.15, 0.2) is 24.3 Å². The summed E-state index contributed by atoms with van der Waals surface area (Å²) in [6, 6.07) is 7.49. The first-order chi connectivity index (χ1) is 7.93. The summed E-state index contributed by atoms with van der Waals surface area (Å²) >= 11 is 0. The zero-order valence-corrected chi connectivity index (χ0v) is 8.84. The molecular formula is C12H7F3N2. The largest absolute Gasteiger partial charge is 0.433 e. The molecule has 0 aliphatic rings. The number of aromatic nitrogens is 1. The normalized spacial score (nSPS) is 11.5. The monoisotopic (exact) mass is 236 g/mol. The first-order valence-electron chi connectivity index (χ1n) is 4.81. The summed E-state index contributed by atoms with van der Waals surface area (Å²) in [5.41, 5.74) is -0.203. The van der Waals surface area contributed by atoms with E-state index in [-0.39, 0.29) is 11.1 Å². The van der Waals surface area contributed by atoms with E-state index in [1.807, 2.05) is 0 Å². The van der Waals surface area contributed by atoms with Crippen LogP contribution >= 0.6 is 0 Å². The van der Waals surface area contributed by atoms with Gasteiger partial charge in [0, 0.05) is 5.39 Å². The zero-order valence-electron chi connectivity index (χ0n) is 8.84. The van der Waals surface area contributed by atoms with Crippen LogP contribution < -0.4 is 0 Å². The number of para-hydroxylation sites is 1. The van der Waals surface area contributed by atoms with Gasteiger partial charge in [-0.25, -0.2) is 4.98 Å². The number of nitriles is 1. The van der Waals surface area contributed by atoms with Crippen LogP contribution in [-0.4, -0.2) is 4.98 Å². The lowest BCUT2D eigenvalue weighted by Crippen LogP contribution is -2.09. The van der Waals surface area contributed by atoms with Crippen molar-refractivity contribution in [3.05, 3.63) is 41.1 Å². The lowest BCUT2D eigenvalue weighted by atomic mass is 10.1. The summed E-state index contributed by atoms with van der Waals surface area (Å²) < 4.78 is 37.8. The summed E-state index contributed by atoms with van der Waals surface area (Å²) in [6.45, 7) is 1.66. The minimum Gasteiger partial charge on any atom is -0.243 e. The minimum atomic E-state index is -4.54. The number of pyridine rings is 1. The van der Waals surface area contributed by atoms with Crippen molar-refractivity contribution in [1.82, 2.24) is 4.98 Å². The number of fused-ring (bicyclic) bond motifs is 1. The Balaban J connectivity index is 2.87. The van der Waals surface area contributed by atoms with E-state index >= 15 is 0 Å². The Morgan fingerprint density at radius 2 is 2.00 bits per heavy atom. The van der Waals surface area contributed by atoms with Crippen LogP contribution in [0.2, 0.25) is 0 Å². The van der Waals surface area contributed by atoms with Crippen LogP contribution in [0.3, 0.4) is 0 Å². The smallest absolute Gasteiger partial charge is 0.243 e. The predicted molar refractivity (Wildman–Crippen MR) is 56.2 cm³/mol. The molecule has 0 bridgehead atoms. The van der Waals surface area contributed by atoms with Crippen LogP contribution in [0, 0.1) is 18.3 Å². The first-order valence-corrected chi connectivity index (χ1v) is 4.81. The molecule has 2 rings (SSSR count). The Kier molecular flexibility index (Phi) is 2.50. The number of alkyl halides is 3. The Morgan fingerprint density at radius 3 is 2.59 bits per heavy atom. The van der Waals surface area contributed by atoms with E-state index in [1.54, 1.807) is 31.2 Å². The number of benzene rings is 1. The molecule has 1 aromatic heterocycles. The summed E-state index contributed by atoms with van der Waals surface area (Å²) in [5, 5.41) is 9.32. The molecule has 0 aliphatic carbocycles. The molecule has 0 amide bonds. The predicted octanol–water partition coefficient (Wildman–Crippen LogP) is 3.43. The van der Waals surface area contributed by atoms with Crippen molar-refractivity contribution in [3.63, 3.8) is 0 Å². The molecule has 0 fully saturated rings.